The van der Waals surface area contributed by atoms with Crippen LogP contribution in [-0.2, 0) is 22.4 Å². The van der Waals surface area contributed by atoms with Gasteiger partial charge in [0.05, 0.1) is 0 Å². The van der Waals surface area contributed by atoms with Crippen LogP contribution in [0.4, 0.5) is 0 Å². The summed E-state index contributed by atoms with van der Waals surface area (Å²) < 4.78 is 7.12. The second-order valence-corrected chi connectivity index (χ2v) is 10.6. The first kappa shape index (κ1) is 23.1. The number of aromatic hydroxyl groups is 1. The molecular weight excluding hydrogens is 464 g/mol. The average molecular weight is 497 g/mol. The van der Waals surface area contributed by atoms with Gasteiger partial charge in [-0.1, -0.05) is 53.2 Å². The van der Waals surface area contributed by atoms with Crippen molar-refractivity contribution in [3.8, 4) is 5.75 Å². The quantitative estimate of drug-likeness (QED) is 0.346. The van der Waals surface area contributed by atoms with Crippen molar-refractivity contribution in [2.45, 2.75) is 64.4 Å². The van der Waals surface area contributed by atoms with E-state index >= 15 is 0 Å². The van der Waals surface area contributed by atoms with E-state index in [2.05, 4.69) is 41.6 Å². The molecule has 32 heavy (non-hydrogen) atoms. The van der Waals surface area contributed by atoms with Gasteiger partial charge in [0.15, 0.2) is 0 Å². The summed E-state index contributed by atoms with van der Waals surface area (Å²) in [6.45, 7) is 7.93. The van der Waals surface area contributed by atoms with E-state index in [1.165, 1.54) is 23.6 Å². The molecule has 1 N–H and O–H groups in total. The minimum Gasteiger partial charge on any atom is -0.508 e. The number of carbonyl (C=O) groups is 1. The summed E-state index contributed by atoms with van der Waals surface area (Å²) >= 11 is 3.68. The number of halogens is 1. The Morgan fingerprint density at radius 3 is 2.81 bits per heavy atom. The lowest BCUT2D eigenvalue weighted by Crippen LogP contribution is -2.50. The normalized spacial score (nSPS) is 27.7. The molecule has 0 heterocycles. The molecule has 1 saturated carbocycles. The van der Waals surface area contributed by atoms with E-state index in [-0.39, 0.29) is 17.5 Å². The van der Waals surface area contributed by atoms with E-state index in [0.29, 0.717) is 29.9 Å². The Morgan fingerprint density at radius 1 is 1.31 bits per heavy atom. The third-order valence-electron chi connectivity index (χ3n) is 7.98. The highest BCUT2D eigenvalue weighted by molar-refractivity contribution is 9.10. The molecule has 5 atom stereocenters. The first-order valence-electron chi connectivity index (χ1n) is 11.7. The Balaban J connectivity index is 1.69. The number of carbonyl (C=O) groups excluding carboxylic acids is 1. The van der Waals surface area contributed by atoms with Crippen LogP contribution in [-0.4, -0.2) is 17.2 Å². The number of fused-ring (bicyclic) bond motifs is 3. The summed E-state index contributed by atoms with van der Waals surface area (Å²) in [5, 5.41) is 9.96. The number of esters is 1. The maximum atomic E-state index is 12.2. The predicted octanol–water partition coefficient (Wildman–Crippen LogP) is 6.97. The molecule has 170 valence electrons. The van der Waals surface area contributed by atoms with E-state index in [0.717, 1.165) is 36.6 Å². The maximum absolute atomic E-state index is 12.2. The summed E-state index contributed by atoms with van der Waals surface area (Å²) in [5.74, 6) is 1.52. The Kier molecular flexibility index (Phi) is 6.80. The zero-order chi connectivity index (χ0) is 22.9. The van der Waals surface area contributed by atoms with Crippen LogP contribution >= 0.6 is 15.9 Å². The zero-order valence-electron chi connectivity index (χ0n) is 19.0. The van der Waals surface area contributed by atoms with Crippen molar-refractivity contribution < 1.29 is 14.6 Å². The molecule has 0 aliphatic heterocycles. The van der Waals surface area contributed by atoms with Crippen molar-refractivity contribution in [1.82, 2.24) is 0 Å². The number of ether oxygens (including phenoxy) is 1. The summed E-state index contributed by atoms with van der Waals surface area (Å²) in [4.78, 5) is 12.2. The van der Waals surface area contributed by atoms with E-state index in [1.807, 2.05) is 36.4 Å². The van der Waals surface area contributed by atoms with Gasteiger partial charge >= 0.3 is 5.97 Å². The van der Waals surface area contributed by atoms with Crippen LogP contribution in [0.1, 0.15) is 62.1 Å². The van der Waals surface area contributed by atoms with Crippen molar-refractivity contribution in [3.05, 3.63) is 76.3 Å². The lowest BCUT2D eigenvalue weighted by molar-refractivity contribution is -0.161. The highest BCUT2D eigenvalue weighted by atomic mass is 79.9. The number of hydrogen-bond acceptors (Lipinski definition) is 3. The topological polar surface area (TPSA) is 46.5 Å². The molecule has 0 amide bonds. The Hall–Kier alpha value is -2.07. The number of benzene rings is 2. The van der Waals surface area contributed by atoms with Crippen LogP contribution < -0.4 is 0 Å². The van der Waals surface area contributed by atoms with Crippen LogP contribution in [0, 0.1) is 17.3 Å². The fraction of sp³-hybridized carbons (Fsp3) is 0.464. The minimum absolute atomic E-state index is 0.134. The summed E-state index contributed by atoms with van der Waals surface area (Å²) in [6.07, 6.45) is 7.61. The van der Waals surface area contributed by atoms with Gasteiger partial charge in [0.25, 0.3) is 0 Å². The highest BCUT2D eigenvalue weighted by Crippen LogP contribution is 2.58. The second-order valence-electron chi connectivity index (χ2n) is 9.76. The Morgan fingerprint density at radius 2 is 2.09 bits per heavy atom. The average Bonchev–Trinajstić information content (AvgIpc) is 2.76. The number of allylic oxidation sites excluding steroid dienone is 1. The maximum Gasteiger partial charge on any atom is 0.302 e. The molecule has 0 radical (unpaired) electrons. The first-order chi connectivity index (χ1) is 15.3. The van der Waals surface area contributed by atoms with Gasteiger partial charge in [0.2, 0.25) is 0 Å². The summed E-state index contributed by atoms with van der Waals surface area (Å²) in [7, 11) is 0. The molecule has 0 unspecified atom stereocenters. The van der Waals surface area contributed by atoms with E-state index in [9.17, 15) is 9.90 Å². The van der Waals surface area contributed by atoms with Crippen molar-refractivity contribution in [3.63, 3.8) is 0 Å². The Labute approximate surface area is 200 Å². The number of phenolic OH excluding ortho intramolecular Hbond substituents is 1. The number of rotatable bonds is 6. The van der Waals surface area contributed by atoms with Crippen molar-refractivity contribution in [2.24, 2.45) is 17.3 Å². The van der Waals surface area contributed by atoms with Crippen LogP contribution in [0.3, 0.4) is 0 Å². The molecular formula is C28H33BrO3. The molecule has 2 aliphatic carbocycles. The van der Waals surface area contributed by atoms with Gasteiger partial charge in [-0.15, -0.1) is 6.58 Å². The molecule has 2 aliphatic rings. The number of aryl methyl sites for hydroxylation is 1. The predicted molar refractivity (Wildman–Crippen MR) is 132 cm³/mol. The fourth-order valence-corrected chi connectivity index (χ4v) is 6.86. The van der Waals surface area contributed by atoms with E-state index in [1.54, 1.807) is 0 Å². The molecule has 3 nitrogen and oxygen atoms in total. The van der Waals surface area contributed by atoms with Gasteiger partial charge in [-0.3, -0.25) is 4.79 Å². The smallest absolute Gasteiger partial charge is 0.302 e. The number of phenols is 1. The molecule has 2 aromatic carbocycles. The lowest BCUT2D eigenvalue weighted by atomic mass is 9.52. The lowest BCUT2D eigenvalue weighted by Gasteiger charge is -2.54. The second kappa shape index (κ2) is 9.43. The Bertz CT molecular complexity index is 1000. The largest absolute Gasteiger partial charge is 0.508 e. The van der Waals surface area contributed by atoms with E-state index < -0.39 is 0 Å². The monoisotopic (exact) mass is 496 g/mol. The summed E-state index contributed by atoms with van der Waals surface area (Å²) in [5.41, 5.74) is 3.72. The van der Waals surface area contributed by atoms with Crippen molar-refractivity contribution >= 4 is 21.9 Å². The fourth-order valence-electron chi connectivity index (χ4n) is 6.41. The molecule has 0 spiro atoms. The molecule has 2 aromatic rings. The van der Waals surface area contributed by atoms with Crippen LogP contribution in [0.25, 0.3) is 0 Å². The number of hydrogen-bond donors (Lipinski definition) is 1. The molecule has 0 aromatic heterocycles. The summed E-state index contributed by atoms with van der Waals surface area (Å²) in [6, 6.07) is 14.1. The van der Waals surface area contributed by atoms with Crippen LogP contribution in [0.5, 0.6) is 5.75 Å². The minimum atomic E-state index is -0.216. The van der Waals surface area contributed by atoms with Gasteiger partial charge in [-0.05, 0) is 84.7 Å². The van der Waals surface area contributed by atoms with Crippen molar-refractivity contribution in [1.29, 1.82) is 0 Å². The van der Waals surface area contributed by atoms with Crippen LogP contribution in [0.2, 0.25) is 0 Å². The SMILES string of the molecule is C=CC[C@H]1[C@@H]2CCc3cc(O)ccc3[C@H]2CC[C@]1(C)[C@H](Cc1ccccc1Br)OC(C)=O. The van der Waals surface area contributed by atoms with Gasteiger partial charge in [0.1, 0.15) is 11.9 Å². The molecule has 0 saturated heterocycles. The van der Waals surface area contributed by atoms with Gasteiger partial charge in [-0.2, -0.15) is 0 Å². The van der Waals surface area contributed by atoms with Gasteiger partial charge in [0, 0.05) is 23.2 Å². The third kappa shape index (κ3) is 4.39. The van der Waals surface area contributed by atoms with Crippen LogP contribution in [0.15, 0.2) is 59.6 Å². The van der Waals surface area contributed by atoms with E-state index in [4.69, 9.17) is 4.74 Å². The molecule has 4 heteroatoms. The third-order valence-corrected chi connectivity index (χ3v) is 8.75. The zero-order valence-corrected chi connectivity index (χ0v) is 20.6. The molecule has 4 rings (SSSR count). The molecule has 0 bridgehead atoms. The van der Waals surface area contributed by atoms with Crippen molar-refractivity contribution in [2.75, 3.05) is 0 Å². The van der Waals surface area contributed by atoms with Gasteiger partial charge in [-0.25, -0.2) is 0 Å². The van der Waals surface area contributed by atoms with Gasteiger partial charge < -0.3 is 9.84 Å². The molecule has 1 fully saturated rings. The standard InChI is InChI=1S/C28H33BrO3/c1-4-7-25-24-12-10-19-16-21(31)11-13-22(19)23(24)14-15-28(25,3)27(32-18(2)30)17-20-8-5-6-9-26(20)29/h4-6,8-9,11,13,16,23-25,27,31H,1,7,10,12,14-15,17H2,2-3H3/t23-,24-,25+,27+,28+/m1/s1. The highest BCUT2D eigenvalue weighted by Gasteiger charge is 2.52. The first-order valence-corrected chi connectivity index (χ1v) is 12.5.